The average molecular weight is 468 g/mol. The fourth-order valence-electron chi connectivity index (χ4n) is 3.41. The highest BCUT2D eigenvalue weighted by atomic mass is 32.2. The van der Waals surface area contributed by atoms with Crippen LogP contribution in [-0.4, -0.2) is 4.98 Å². The van der Waals surface area contributed by atoms with E-state index < -0.39 is 11.7 Å². The van der Waals surface area contributed by atoms with Crippen LogP contribution in [0.3, 0.4) is 0 Å². The second kappa shape index (κ2) is 9.06. The van der Waals surface area contributed by atoms with Gasteiger partial charge in [-0.25, -0.2) is 0 Å². The number of benzene rings is 3. The van der Waals surface area contributed by atoms with Crippen molar-refractivity contribution in [3.8, 4) is 0 Å². The number of nitrogens with zero attached hydrogens (tertiary/aromatic N) is 2. The molecule has 0 saturated carbocycles. The van der Waals surface area contributed by atoms with E-state index >= 15 is 0 Å². The van der Waals surface area contributed by atoms with Crippen molar-refractivity contribution >= 4 is 34.0 Å². The highest BCUT2D eigenvalue weighted by Crippen LogP contribution is 2.39. The van der Waals surface area contributed by atoms with E-state index in [4.69, 9.17) is 0 Å². The Hall–Kier alpha value is -3.06. The lowest BCUT2D eigenvalue weighted by Gasteiger charge is -2.19. The summed E-state index contributed by atoms with van der Waals surface area (Å²) in [6.45, 7) is 6.55. The molecule has 1 aromatic heterocycles. The molecule has 1 N–H and O–H groups in total. The third-order valence-electron chi connectivity index (χ3n) is 5.29. The van der Waals surface area contributed by atoms with E-state index in [-0.39, 0.29) is 11.1 Å². The minimum atomic E-state index is -4.42. The fourth-order valence-corrected chi connectivity index (χ4v) is 4.39. The molecule has 0 atom stereocenters. The van der Waals surface area contributed by atoms with E-state index in [1.165, 1.54) is 23.3 Å². The molecular formula is C26H24F3N3S. The van der Waals surface area contributed by atoms with Gasteiger partial charge in [0, 0.05) is 16.7 Å². The zero-order valence-electron chi connectivity index (χ0n) is 18.6. The Labute approximate surface area is 195 Å². The molecular weight excluding hydrogens is 443 g/mol. The van der Waals surface area contributed by atoms with Gasteiger partial charge < -0.3 is 4.98 Å². The van der Waals surface area contributed by atoms with Crippen molar-refractivity contribution in [3.63, 3.8) is 0 Å². The van der Waals surface area contributed by atoms with Gasteiger partial charge in [-0.05, 0) is 40.8 Å². The third kappa shape index (κ3) is 5.47. The summed E-state index contributed by atoms with van der Waals surface area (Å²) in [6, 6.07) is 21.1. The Morgan fingerprint density at radius 2 is 1.55 bits per heavy atom. The van der Waals surface area contributed by atoms with Gasteiger partial charge in [-0.1, -0.05) is 69.3 Å². The van der Waals surface area contributed by atoms with Crippen LogP contribution in [0.5, 0.6) is 0 Å². The van der Waals surface area contributed by atoms with Crippen LogP contribution in [0.25, 0.3) is 10.9 Å². The lowest BCUT2D eigenvalue weighted by atomic mass is 9.87. The van der Waals surface area contributed by atoms with Gasteiger partial charge in [0.25, 0.3) is 0 Å². The van der Waals surface area contributed by atoms with Crippen LogP contribution in [0.2, 0.25) is 0 Å². The van der Waals surface area contributed by atoms with Gasteiger partial charge in [-0.2, -0.15) is 18.3 Å². The number of nitrogens with one attached hydrogen (secondary N) is 1. The minimum Gasteiger partial charge on any atom is -0.348 e. The zero-order chi connectivity index (χ0) is 23.6. The van der Waals surface area contributed by atoms with Gasteiger partial charge in [0.05, 0.1) is 11.3 Å². The maximum Gasteiger partial charge on any atom is 0.416 e. The maximum atomic E-state index is 13.0. The first kappa shape index (κ1) is 23.1. The molecule has 0 saturated heterocycles. The average Bonchev–Trinajstić information content (AvgIpc) is 3.13. The molecule has 4 aromatic rings. The van der Waals surface area contributed by atoms with Gasteiger partial charge in [0.1, 0.15) is 10.7 Å². The van der Waals surface area contributed by atoms with Crippen molar-refractivity contribution in [2.24, 2.45) is 10.2 Å². The van der Waals surface area contributed by atoms with Crippen molar-refractivity contribution in [2.75, 3.05) is 0 Å². The van der Waals surface area contributed by atoms with Gasteiger partial charge in [-0.15, -0.1) is 16.9 Å². The molecule has 0 aliphatic heterocycles. The van der Waals surface area contributed by atoms with E-state index in [1.54, 1.807) is 11.8 Å². The second-order valence-corrected chi connectivity index (χ2v) is 9.82. The number of hydrogen-bond donors (Lipinski definition) is 1. The quantitative estimate of drug-likeness (QED) is 0.231. The Balaban J connectivity index is 1.61. The molecule has 1 heterocycles. The van der Waals surface area contributed by atoms with Crippen LogP contribution in [0.15, 0.2) is 88.1 Å². The van der Waals surface area contributed by atoms with Gasteiger partial charge in [0.15, 0.2) is 0 Å². The van der Waals surface area contributed by atoms with Crippen LogP contribution < -0.4 is 0 Å². The molecule has 3 aromatic carbocycles. The molecule has 7 heteroatoms. The molecule has 0 unspecified atom stereocenters. The number of aromatic nitrogens is 1. The Morgan fingerprint density at radius 3 is 2.24 bits per heavy atom. The van der Waals surface area contributed by atoms with Crippen molar-refractivity contribution in [2.45, 2.75) is 43.1 Å². The molecule has 4 rings (SSSR count). The molecule has 0 amide bonds. The van der Waals surface area contributed by atoms with Gasteiger partial charge in [-0.3, -0.25) is 0 Å². The van der Waals surface area contributed by atoms with Crippen LogP contribution in [0, 0.1) is 0 Å². The number of alkyl halides is 3. The lowest BCUT2D eigenvalue weighted by molar-refractivity contribution is -0.137. The minimum absolute atomic E-state index is 0.0970. The van der Waals surface area contributed by atoms with Crippen LogP contribution >= 0.6 is 11.8 Å². The summed E-state index contributed by atoms with van der Waals surface area (Å²) in [4.78, 5) is 3.37. The summed E-state index contributed by atoms with van der Waals surface area (Å²) in [5.74, 6) is 0.726. The summed E-state index contributed by atoms with van der Waals surface area (Å²) in [5.41, 5.74) is 3.49. The molecule has 170 valence electrons. The Bertz CT molecular complexity index is 1280. The summed E-state index contributed by atoms with van der Waals surface area (Å²) < 4.78 is 39.1. The van der Waals surface area contributed by atoms with Gasteiger partial charge in [0.2, 0.25) is 0 Å². The van der Waals surface area contributed by atoms with E-state index in [9.17, 15) is 13.2 Å². The highest BCUT2D eigenvalue weighted by molar-refractivity contribution is 7.98. The first-order valence-electron chi connectivity index (χ1n) is 10.5. The largest absolute Gasteiger partial charge is 0.416 e. The summed E-state index contributed by atoms with van der Waals surface area (Å²) in [7, 11) is 0. The number of fused-ring (bicyclic) bond motifs is 1. The molecule has 0 fully saturated rings. The topological polar surface area (TPSA) is 40.5 Å². The number of H-pyrrole nitrogens is 1. The number of azo groups is 1. The van der Waals surface area contributed by atoms with E-state index in [0.29, 0.717) is 5.69 Å². The predicted molar refractivity (Wildman–Crippen MR) is 129 cm³/mol. The first-order chi connectivity index (χ1) is 15.6. The summed E-state index contributed by atoms with van der Waals surface area (Å²) in [5, 5.41) is 10.2. The number of rotatable bonds is 5. The van der Waals surface area contributed by atoms with Crippen molar-refractivity contribution in [1.82, 2.24) is 4.98 Å². The van der Waals surface area contributed by atoms with E-state index in [2.05, 4.69) is 60.2 Å². The first-order valence-corrected chi connectivity index (χ1v) is 11.5. The molecule has 0 spiro atoms. The fraction of sp³-hybridized carbons (Fsp3) is 0.231. The molecule has 33 heavy (non-hydrogen) atoms. The summed E-state index contributed by atoms with van der Waals surface area (Å²) in [6.07, 6.45) is -4.42. The van der Waals surface area contributed by atoms with Crippen molar-refractivity contribution in [1.29, 1.82) is 0 Å². The predicted octanol–water partition coefficient (Wildman–Crippen LogP) is 9.19. The molecule has 0 aliphatic rings. The maximum absolute atomic E-state index is 13.0. The number of hydrogen-bond acceptors (Lipinski definition) is 3. The zero-order valence-corrected chi connectivity index (χ0v) is 19.4. The standard InChI is InChI=1S/C26H24F3N3S/c1-25(2,3)18-13-11-17(12-14-18)16-33-24-23(21-9-4-5-10-22(21)30-24)32-31-20-8-6-7-19(15-20)26(27,28)29/h4-15,30H,16H2,1-3H3. The van der Waals surface area contributed by atoms with Crippen molar-refractivity contribution in [3.05, 3.63) is 89.5 Å². The van der Waals surface area contributed by atoms with Gasteiger partial charge >= 0.3 is 6.18 Å². The molecule has 3 nitrogen and oxygen atoms in total. The van der Waals surface area contributed by atoms with E-state index in [0.717, 1.165) is 33.8 Å². The second-order valence-electron chi connectivity index (χ2n) is 8.83. The monoisotopic (exact) mass is 467 g/mol. The normalized spacial score (nSPS) is 12.7. The number of para-hydroxylation sites is 1. The van der Waals surface area contributed by atoms with Crippen LogP contribution in [0.4, 0.5) is 24.5 Å². The van der Waals surface area contributed by atoms with Crippen molar-refractivity contribution < 1.29 is 13.2 Å². The van der Waals surface area contributed by atoms with Crippen LogP contribution in [-0.2, 0) is 17.3 Å². The Morgan fingerprint density at radius 1 is 0.818 bits per heavy atom. The highest BCUT2D eigenvalue weighted by Gasteiger charge is 2.30. The lowest BCUT2D eigenvalue weighted by Crippen LogP contribution is -2.10. The third-order valence-corrected chi connectivity index (χ3v) is 6.35. The Kier molecular flexibility index (Phi) is 6.34. The van der Waals surface area contributed by atoms with E-state index in [1.807, 2.05) is 24.3 Å². The number of halogens is 3. The smallest absolute Gasteiger partial charge is 0.348 e. The molecule has 0 radical (unpaired) electrons. The SMILES string of the molecule is CC(C)(C)c1ccc(CSc2[nH]c3ccccc3c2N=Nc2cccc(C(F)(F)F)c2)cc1. The number of aromatic amines is 1. The van der Waals surface area contributed by atoms with Crippen LogP contribution in [0.1, 0.15) is 37.5 Å². The summed E-state index contributed by atoms with van der Waals surface area (Å²) >= 11 is 1.59. The molecule has 0 bridgehead atoms. The number of thioether (sulfide) groups is 1. The molecule has 0 aliphatic carbocycles.